The van der Waals surface area contributed by atoms with Gasteiger partial charge in [-0.25, -0.2) is 0 Å². The summed E-state index contributed by atoms with van der Waals surface area (Å²) in [5.74, 6) is 2.93. The van der Waals surface area contributed by atoms with Gasteiger partial charge in [0.15, 0.2) is 0 Å². The molecule has 0 spiro atoms. The molecule has 2 saturated carbocycles. The summed E-state index contributed by atoms with van der Waals surface area (Å²) in [7, 11) is 0. The van der Waals surface area contributed by atoms with Crippen LogP contribution in [-0.2, 0) is 0 Å². The first-order chi connectivity index (χ1) is 28.5. The van der Waals surface area contributed by atoms with Gasteiger partial charge in [-0.3, -0.25) is 0 Å². The Bertz CT molecular complexity index is 2450. The first-order valence-corrected chi connectivity index (χ1v) is 22.8. The van der Waals surface area contributed by atoms with E-state index in [9.17, 15) is 0 Å². The van der Waals surface area contributed by atoms with E-state index in [1.807, 2.05) is 0 Å². The average Bonchev–Trinajstić information content (AvgIpc) is 3.29. The Labute approximate surface area is 359 Å². The maximum Gasteiger partial charge on any atom is 0.0482 e. The van der Waals surface area contributed by atoms with Crippen molar-refractivity contribution in [3.63, 3.8) is 0 Å². The number of halogens is 2. The molecule has 0 radical (unpaired) electrons. The molecule has 0 aliphatic heterocycles. The molecule has 0 atom stereocenters. The number of hydrogen-bond acceptors (Lipinski definition) is 2. The minimum Gasteiger partial charge on any atom is -0.310 e. The van der Waals surface area contributed by atoms with E-state index in [4.69, 9.17) is 0 Å². The first kappa shape index (κ1) is 36.2. The van der Waals surface area contributed by atoms with Crippen molar-refractivity contribution in [1.29, 1.82) is 0 Å². The lowest BCUT2D eigenvalue weighted by molar-refractivity contribution is 0.359. The summed E-state index contributed by atoms with van der Waals surface area (Å²) < 4.78 is 2.13. The molecule has 2 fully saturated rings. The lowest BCUT2D eigenvalue weighted by atomic mass is 9.66. The van der Waals surface area contributed by atoms with Crippen LogP contribution in [0.5, 0.6) is 0 Å². The van der Waals surface area contributed by atoms with E-state index in [-0.39, 0.29) is 0 Å². The average molecular weight is 883 g/mol. The molecule has 7 aromatic carbocycles. The molecule has 4 heteroatoms. The second-order valence-corrected chi connectivity index (χ2v) is 18.9. The van der Waals surface area contributed by atoms with Crippen LogP contribution in [0.3, 0.4) is 0 Å². The van der Waals surface area contributed by atoms with Crippen molar-refractivity contribution in [2.24, 2.45) is 0 Å². The molecule has 286 valence electrons. The van der Waals surface area contributed by atoms with Crippen molar-refractivity contribution in [3.05, 3.63) is 189 Å². The number of benzene rings is 7. The van der Waals surface area contributed by atoms with E-state index in [0.29, 0.717) is 11.8 Å². The van der Waals surface area contributed by atoms with Gasteiger partial charge in [0.1, 0.15) is 0 Å². The summed E-state index contributed by atoms with van der Waals surface area (Å²) in [4.78, 5) is 4.80. The van der Waals surface area contributed by atoms with E-state index in [1.54, 1.807) is 22.3 Å². The molecule has 2 nitrogen and oxygen atoms in total. The van der Waals surface area contributed by atoms with Crippen LogP contribution in [0.15, 0.2) is 167 Å². The van der Waals surface area contributed by atoms with Crippen LogP contribution in [0.2, 0.25) is 0 Å². The molecular formula is C54H46Br2N2. The Balaban J connectivity index is 1.00. The third kappa shape index (κ3) is 6.63. The van der Waals surface area contributed by atoms with Gasteiger partial charge in [-0.05, 0) is 211 Å². The van der Waals surface area contributed by atoms with Gasteiger partial charge in [0.05, 0.1) is 0 Å². The van der Waals surface area contributed by atoms with Gasteiger partial charge in [0.2, 0.25) is 0 Å². The monoisotopic (exact) mass is 880 g/mol. The predicted octanol–water partition coefficient (Wildman–Crippen LogP) is 17.0. The number of fused-ring (bicyclic) bond motifs is 4. The van der Waals surface area contributed by atoms with E-state index in [1.165, 1.54) is 73.6 Å². The number of nitrogens with zero attached hydrogens (tertiary/aromatic N) is 2. The highest BCUT2D eigenvalue weighted by Crippen LogP contribution is 2.52. The molecule has 0 saturated heterocycles. The van der Waals surface area contributed by atoms with E-state index in [2.05, 4.69) is 199 Å². The summed E-state index contributed by atoms with van der Waals surface area (Å²) in [6.07, 6.45) is 10.8. The fraction of sp³-hybridized carbons (Fsp3) is 0.222. The van der Waals surface area contributed by atoms with Crippen molar-refractivity contribution >= 4 is 66.0 Å². The lowest BCUT2D eigenvalue weighted by Gasteiger charge is -2.38. The van der Waals surface area contributed by atoms with Gasteiger partial charge in [0.25, 0.3) is 0 Å². The van der Waals surface area contributed by atoms with Crippen molar-refractivity contribution in [3.8, 4) is 22.3 Å². The minimum atomic E-state index is 0.715. The molecule has 58 heavy (non-hydrogen) atoms. The number of hydrogen-bond donors (Lipinski definition) is 0. The summed E-state index contributed by atoms with van der Waals surface area (Å²) in [5, 5.41) is 0. The van der Waals surface area contributed by atoms with Crippen LogP contribution in [0.25, 0.3) is 22.3 Å². The van der Waals surface area contributed by atoms with Crippen LogP contribution < -0.4 is 9.80 Å². The second-order valence-electron chi connectivity index (χ2n) is 17.0. The summed E-state index contributed by atoms with van der Waals surface area (Å²) in [6, 6.07) is 59.3. The van der Waals surface area contributed by atoms with Crippen molar-refractivity contribution < 1.29 is 0 Å². The van der Waals surface area contributed by atoms with Crippen LogP contribution in [-0.4, -0.2) is 0 Å². The van der Waals surface area contributed by atoms with E-state index >= 15 is 0 Å². The van der Waals surface area contributed by atoms with Crippen LogP contribution >= 0.6 is 31.9 Å². The molecule has 6 aliphatic rings. The normalized spacial score (nSPS) is 20.0. The van der Waals surface area contributed by atoms with Crippen molar-refractivity contribution in [2.75, 3.05) is 9.80 Å². The van der Waals surface area contributed by atoms with Gasteiger partial charge in [-0.2, -0.15) is 0 Å². The topological polar surface area (TPSA) is 6.48 Å². The molecular weight excluding hydrogens is 836 g/mol. The fourth-order valence-electron chi connectivity index (χ4n) is 10.9. The molecule has 7 aromatic rings. The Morgan fingerprint density at radius 1 is 0.293 bits per heavy atom. The van der Waals surface area contributed by atoms with Gasteiger partial charge in [0, 0.05) is 43.1 Å². The zero-order valence-electron chi connectivity index (χ0n) is 32.6. The molecule has 0 unspecified atom stereocenters. The number of rotatable bonds is 8. The minimum absolute atomic E-state index is 0.715. The van der Waals surface area contributed by atoms with E-state index < -0.39 is 0 Å². The fourth-order valence-corrected chi connectivity index (χ4v) is 11.4. The third-order valence-corrected chi connectivity index (χ3v) is 14.8. The lowest BCUT2D eigenvalue weighted by Crippen LogP contribution is -2.21. The third-order valence-electron chi connectivity index (χ3n) is 13.8. The highest BCUT2D eigenvalue weighted by molar-refractivity contribution is 9.10. The van der Waals surface area contributed by atoms with Gasteiger partial charge in [-0.1, -0.05) is 98.6 Å². The van der Waals surface area contributed by atoms with Crippen molar-refractivity contribution in [2.45, 2.75) is 75.0 Å². The van der Waals surface area contributed by atoms with Crippen LogP contribution in [0.1, 0.15) is 97.3 Å². The summed E-state index contributed by atoms with van der Waals surface area (Å²) in [5.41, 5.74) is 18.2. The van der Waals surface area contributed by atoms with Gasteiger partial charge < -0.3 is 9.80 Å². The SMILES string of the molecule is Brc1ccc(N(c2cccc(-c3ccc4c(c3)C3CCC4CC3)c2)c2cccc(N(c3ccc(Br)cc3)c3cccc(-c4ccc5c(c4)C4CCC5CC4)c3)c2)cc1. The Kier molecular flexibility index (Phi) is 9.39. The molecule has 0 heterocycles. The Morgan fingerprint density at radius 2 is 0.621 bits per heavy atom. The second kappa shape index (κ2) is 15.0. The molecule has 4 bridgehead atoms. The predicted molar refractivity (Wildman–Crippen MR) is 250 cm³/mol. The molecule has 0 amide bonds. The smallest absolute Gasteiger partial charge is 0.0482 e. The summed E-state index contributed by atoms with van der Waals surface area (Å²) >= 11 is 7.40. The molecule has 0 aromatic heterocycles. The standard InChI is InChI=1S/C54H46Br2N2/c55-43-20-24-45(25-21-43)57(47-6-1-4-39(30-47)41-18-28-51-35-10-14-37(15-11-35)53(51)32-41)49-8-3-9-50(34-49)58(46-26-22-44(56)23-27-46)48-7-2-5-40(31-48)42-19-29-52-36-12-16-38(17-13-36)54(52)33-42/h1-9,18-38H,10-17H2. The summed E-state index contributed by atoms with van der Waals surface area (Å²) in [6.45, 7) is 0. The van der Waals surface area contributed by atoms with E-state index in [0.717, 1.165) is 54.9 Å². The van der Waals surface area contributed by atoms with Crippen molar-refractivity contribution in [1.82, 2.24) is 0 Å². The highest BCUT2D eigenvalue weighted by atomic mass is 79.9. The Hall–Kier alpha value is -4.90. The van der Waals surface area contributed by atoms with Crippen LogP contribution in [0.4, 0.5) is 34.1 Å². The molecule has 13 rings (SSSR count). The van der Waals surface area contributed by atoms with Gasteiger partial charge >= 0.3 is 0 Å². The zero-order valence-corrected chi connectivity index (χ0v) is 35.8. The molecule has 0 N–H and O–H groups in total. The van der Waals surface area contributed by atoms with Crippen LogP contribution in [0, 0.1) is 0 Å². The van der Waals surface area contributed by atoms with Gasteiger partial charge in [-0.15, -0.1) is 0 Å². The maximum atomic E-state index is 3.70. The Morgan fingerprint density at radius 3 is 1.02 bits per heavy atom. The maximum absolute atomic E-state index is 3.70. The highest BCUT2D eigenvalue weighted by Gasteiger charge is 2.34. The first-order valence-electron chi connectivity index (χ1n) is 21.2. The zero-order chi connectivity index (χ0) is 38.7. The quantitative estimate of drug-likeness (QED) is 0.150. The molecule has 6 aliphatic carbocycles. The largest absolute Gasteiger partial charge is 0.310 e. The number of anilines is 6.